The van der Waals surface area contributed by atoms with Crippen molar-refractivity contribution >= 4 is 75.4 Å². The number of hydrogen-bond acceptors (Lipinski definition) is 15. The standard InChI is InChI=1S/C21H30O5.C21H28O5.C18H15NO3.C14H11Cl2NO2/c2*1-19-7-5-13(23)9-12(19)3-4-14-15-6-8-21(26,17(25)11-22)20(15,2)10-16(24)18(14)19;20-16(21)12-11-15-19-17(13-7-3-1-4-8-13)18(22-15)14-9-5-2-6-10-14;15-10-5-3-6-11(16)14(10)17-12-7-2-1-4-9(12)8-13(18)19/h9,14-16,18,22,24,26H,3-8,10-11H2,1-2H3;9,14-15,18,22,26H,3-8,10-11H2,1-2H3;1-10H,11-12H2,(H,20,21);1-7,17H,8H2,(H,18,19)/t14-,15-,16-,18+,19-,20-,21-;14-,15-,18+,19-,20-,21-;;/m00../s1. The summed E-state index contributed by atoms with van der Waals surface area (Å²) < 4.78 is 5.83. The molecule has 6 fully saturated rings. The Morgan fingerprint density at radius 3 is 1.73 bits per heavy atom. The zero-order chi connectivity index (χ0) is 67.0. The Morgan fingerprint density at radius 2 is 1.15 bits per heavy atom. The molecule has 17 nitrogen and oxygen atoms in total. The van der Waals surface area contributed by atoms with Gasteiger partial charge in [-0.3, -0.25) is 33.6 Å². The van der Waals surface area contributed by atoms with Gasteiger partial charge in [-0.15, -0.1) is 0 Å². The number of carboxylic acids is 2. The van der Waals surface area contributed by atoms with Crippen molar-refractivity contribution in [2.75, 3.05) is 18.5 Å². The van der Waals surface area contributed by atoms with E-state index >= 15 is 0 Å². The fraction of sp³-hybridized carbons (Fsp3) is 0.486. The molecule has 13 atom stereocenters. The first-order valence-corrected chi connectivity index (χ1v) is 33.2. The zero-order valence-electron chi connectivity index (χ0n) is 53.0. The van der Waals surface area contributed by atoms with Crippen LogP contribution in [0.4, 0.5) is 11.4 Å². The molecule has 1 heterocycles. The minimum Gasteiger partial charge on any atom is -0.481 e. The highest BCUT2D eigenvalue weighted by atomic mass is 35.5. The number of Topliss-reactive ketones (excluding diaryl/α,β-unsaturated/α-hetero) is 3. The van der Waals surface area contributed by atoms with Gasteiger partial charge in [0.2, 0.25) is 0 Å². The lowest BCUT2D eigenvalue weighted by atomic mass is 9.45. The van der Waals surface area contributed by atoms with Gasteiger partial charge in [0.1, 0.15) is 35.9 Å². The number of aliphatic carboxylic acids is 2. The van der Waals surface area contributed by atoms with E-state index in [0.29, 0.717) is 83.6 Å². The Bertz CT molecular complexity index is 3680. The SMILES string of the molecule is C[C@]12CCC(=O)C=C1CC[C@@H]1[C@@H]2C(=O)C[C@@]2(C)[C@H]1CC[C@]2(O)C(=O)CO.C[C@]12CCC(=O)C=C1CC[C@@H]1[C@@H]2[C@@H](O)C[C@@]2(C)[C@H]1CC[C@]2(O)C(=O)CO.O=C(O)CCc1nc(-c2ccccc2)c(-c2ccccc2)o1.O=C(O)Cc1ccccc1Nc1c(Cl)cccc1Cl. The molecule has 13 rings (SSSR count). The van der Waals surface area contributed by atoms with Gasteiger partial charge in [-0.25, -0.2) is 4.98 Å². The van der Waals surface area contributed by atoms with Gasteiger partial charge < -0.3 is 45.5 Å². The molecule has 8 aliphatic carbocycles. The van der Waals surface area contributed by atoms with Crippen LogP contribution >= 0.6 is 23.2 Å². The number of aromatic nitrogens is 1. The van der Waals surface area contributed by atoms with Crippen LogP contribution in [-0.2, 0) is 46.4 Å². The predicted octanol–water partition coefficient (Wildman–Crippen LogP) is 12.2. The summed E-state index contributed by atoms with van der Waals surface area (Å²) in [6.45, 7) is 6.76. The number of oxazole rings is 1. The van der Waals surface area contributed by atoms with Crippen molar-refractivity contribution in [1.82, 2.24) is 4.98 Å². The molecule has 1 aromatic heterocycles. The molecule has 5 aromatic rings. The summed E-state index contributed by atoms with van der Waals surface area (Å²) in [6.07, 6.45) is 11.8. The maximum Gasteiger partial charge on any atom is 0.307 e. The van der Waals surface area contributed by atoms with Crippen molar-refractivity contribution in [2.45, 2.75) is 154 Å². The third-order valence-electron chi connectivity index (χ3n) is 23.0. The molecule has 0 unspecified atom stereocenters. The Kier molecular flexibility index (Phi) is 20.3. The van der Waals surface area contributed by atoms with Gasteiger partial charge in [0, 0.05) is 59.2 Å². The molecular formula is C74H84Cl2N2O15. The topological polar surface area (TPSA) is 299 Å². The van der Waals surface area contributed by atoms with Gasteiger partial charge in [-0.05, 0) is 147 Å². The highest BCUT2D eigenvalue weighted by Gasteiger charge is 2.70. The number of carbonyl (C=O) groups is 7. The van der Waals surface area contributed by atoms with Crippen molar-refractivity contribution in [3.63, 3.8) is 0 Å². The molecule has 494 valence electrons. The number of rotatable bonds is 13. The van der Waals surface area contributed by atoms with Gasteiger partial charge in [0.15, 0.2) is 34.8 Å². The number of anilines is 2. The number of halogens is 2. The minimum absolute atomic E-state index is 0.00295. The number of para-hydroxylation sites is 2. The third-order valence-corrected chi connectivity index (χ3v) is 23.6. The van der Waals surface area contributed by atoms with E-state index in [9.17, 15) is 59.1 Å². The number of aliphatic hydroxyl groups is 5. The average Bonchev–Trinajstić information content (AvgIpc) is 1.65. The second-order valence-corrected chi connectivity index (χ2v) is 28.6. The van der Waals surface area contributed by atoms with Crippen molar-refractivity contribution in [1.29, 1.82) is 0 Å². The van der Waals surface area contributed by atoms with Crippen LogP contribution in [0, 0.1) is 57.2 Å². The van der Waals surface area contributed by atoms with Crippen LogP contribution < -0.4 is 5.32 Å². The second-order valence-electron chi connectivity index (χ2n) is 27.8. The third kappa shape index (κ3) is 12.9. The Labute approximate surface area is 551 Å². The number of benzene rings is 4. The largest absolute Gasteiger partial charge is 0.481 e. The van der Waals surface area contributed by atoms with Gasteiger partial charge in [-0.1, -0.05) is 147 Å². The first kappa shape index (κ1) is 68.9. The second kappa shape index (κ2) is 27.4. The van der Waals surface area contributed by atoms with Crippen LogP contribution in [0.1, 0.15) is 135 Å². The summed E-state index contributed by atoms with van der Waals surface area (Å²) in [7, 11) is 0. The smallest absolute Gasteiger partial charge is 0.307 e. The van der Waals surface area contributed by atoms with E-state index in [4.69, 9.17) is 37.8 Å². The van der Waals surface area contributed by atoms with Gasteiger partial charge in [-0.2, -0.15) is 0 Å². The quantitative estimate of drug-likeness (QED) is 0.0543. The molecule has 4 aromatic carbocycles. The fourth-order valence-electron chi connectivity index (χ4n) is 18.2. The van der Waals surface area contributed by atoms with E-state index in [2.05, 4.69) is 24.1 Å². The number of hydrogen-bond donors (Lipinski definition) is 8. The van der Waals surface area contributed by atoms with Crippen LogP contribution in [0.15, 0.2) is 131 Å². The van der Waals surface area contributed by atoms with Crippen LogP contribution in [0.25, 0.3) is 22.6 Å². The normalized spacial score (nSPS) is 32.0. The average molecular weight is 1310 g/mol. The number of allylic oxidation sites excluding steroid dienone is 2. The number of fused-ring (bicyclic) bond motifs is 10. The Hall–Kier alpha value is -6.96. The number of aliphatic hydroxyl groups excluding tert-OH is 3. The monoisotopic (exact) mass is 1310 g/mol. The predicted molar refractivity (Wildman–Crippen MR) is 350 cm³/mol. The maximum absolute atomic E-state index is 13.3. The number of nitrogens with zero attached hydrogens (tertiary/aromatic N) is 1. The van der Waals surface area contributed by atoms with Gasteiger partial charge >= 0.3 is 11.9 Å². The first-order valence-electron chi connectivity index (χ1n) is 32.4. The lowest BCUT2D eigenvalue weighted by Gasteiger charge is -2.60. The number of carbonyl (C=O) groups excluding carboxylic acids is 5. The summed E-state index contributed by atoms with van der Waals surface area (Å²) in [4.78, 5) is 87.8. The summed E-state index contributed by atoms with van der Waals surface area (Å²) in [5, 5.41) is 74.0. The molecule has 0 radical (unpaired) electrons. The molecule has 0 spiro atoms. The maximum atomic E-state index is 13.3. The van der Waals surface area contributed by atoms with E-state index in [0.717, 1.165) is 60.9 Å². The highest BCUT2D eigenvalue weighted by Crippen LogP contribution is 2.69. The van der Waals surface area contributed by atoms with Crippen LogP contribution in [0.3, 0.4) is 0 Å². The van der Waals surface area contributed by atoms with E-state index < -0.39 is 64.9 Å². The molecule has 19 heteroatoms. The van der Waals surface area contributed by atoms with Crippen LogP contribution in [0.2, 0.25) is 10.0 Å². The lowest BCUT2D eigenvalue weighted by Crippen LogP contribution is -2.62. The number of ketones is 5. The highest BCUT2D eigenvalue weighted by molar-refractivity contribution is 6.39. The summed E-state index contributed by atoms with van der Waals surface area (Å²) in [6, 6.07) is 31.8. The van der Waals surface area contributed by atoms with E-state index in [1.165, 1.54) is 5.57 Å². The Balaban J connectivity index is 0.000000137. The fourth-order valence-corrected chi connectivity index (χ4v) is 18.7. The van der Waals surface area contributed by atoms with Crippen molar-refractivity contribution in [2.24, 2.45) is 57.2 Å². The molecular weight excluding hydrogens is 1230 g/mol. The van der Waals surface area contributed by atoms with E-state index in [1.807, 2.05) is 80.6 Å². The van der Waals surface area contributed by atoms with Crippen molar-refractivity contribution in [3.05, 3.63) is 148 Å². The zero-order valence-corrected chi connectivity index (χ0v) is 54.6. The molecule has 93 heavy (non-hydrogen) atoms. The number of aryl methyl sites for hydroxylation is 1. The van der Waals surface area contributed by atoms with Crippen molar-refractivity contribution in [3.8, 4) is 22.6 Å². The molecule has 6 saturated carbocycles. The summed E-state index contributed by atoms with van der Waals surface area (Å²) in [5.41, 5.74) is 1.76. The van der Waals surface area contributed by atoms with Gasteiger partial charge in [0.25, 0.3) is 0 Å². The molecule has 8 aliphatic rings. The minimum atomic E-state index is -1.60. The van der Waals surface area contributed by atoms with Gasteiger partial charge in [0.05, 0.1) is 34.7 Å². The molecule has 0 saturated heterocycles. The summed E-state index contributed by atoms with van der Waals surface area (Å²) >= 11 is 12.1. The molecule has 0 bridgehead atoms. The van der Waals surface area contributed by atoms with Crippen molar-refractivity contribution < 1.29 is 73.7 Å². The van der Waals surface area contributed by atoms with Crippen LogP contribution in [-0.4, -0.2) is 112 Å². The van der Waals surface area contributed by atoms with E-state index in [-0.39, 0.29) is 89.4 Å². The Morgan fingerprint density at radius 1 is 0.624 bits per heavy atom. The first-order chi connectivity index (χ1) is 44.2. The lowest BCUT2D eigenvalue weighted by molar-refractivity contribution is -0.182. The molecule has 0 amide bonds. The molecule has 8 N–H and O–H groups in total. The van der Waals surface area contributed by atoms with E-state index in [1.54, 1.807) is 48.6 Å². The molecule has 0 aliphatic heterocycles. The number of carboxylic acid groups (broad SMARTS) is 2. The number of nitrogens with one attached hydrogen (secondary N) is 1. The van der Waals surface area contributed by atoms with Crippen LogP contribution in [0.5, 0.6) is 0 Å². The summed E-state index contributed by atoms with van der Waals surface area (Å²) in [5.74, 6) is -0.664.